The molecule has 2 atom stereocenters. The molecule has 0 bridgehead atoms. The van der Waals surface area contributed by atoms with Crippen LogP contribution in [0, 0.1) is 5.92 Å². The van der Waals surface area contributed by atoms with Gasteiger partial charge in [-0.1, -0.05) is 13.3 Å². The fourth-order valence-electron chi connectivity index (χ4n) is 1.75. The van der Waals surface area contributed by atoms with Crippen LogP contribution >= 0.6 is 0 Å². The molecule has 0 saturated heterocycles. The number of aliphatic hydroxyl groups is 1. The molecule has 0 aromatic carbocycles. The van der Waals surface area contributed by atoms with Gasteiger partial charge in [-0.05, 0) is 32.2 Å². The number of hydrogen-bond acceptors (Lipinski definition) is 2. The van der Waals surface area contributed by atoms with E-state index in [1.54, 1.807) is 0 Å². The molecule has 0 amide bonds. The Labute approximate surface area is 62.6 Å². The maximum atomic E-state index is 9.74. The normalized spacial score (nSPS) is 41.7. The molecule has 1 rings (SSSR count). The van der Waals surface area contributed by atoms with E-state index in [-0.39, 0.29) is 0 Å². The van der Waals surface area contributed by atoms with Crippen molar-refractivity contribution in [3.63, 3.8) is 0 Å². The van der Waals surface area contributed by atoms with Crippen molar-refractivity contribution in [1.29, 1.82) is 0 Å². The van der Waals surface area contributed by atoms with Gasteiger partial charge in [0.15, 0.2) is 0 Å². The van der Waals surface area contributed by atoms with Crippen LogP contribution in [0.4, 0.5) is 0 Å². The summed E-state index contributed by atoms with van der Waals surface area (Å²) in [5.74, 6) is 0.672. The van der Waals surface area contributed by atoms with Crippen molar-refractivity contribution in [3.8, 4) is 0 Å². The predicted octanol–water partition coefficient (Wildman–Crippen LogP) is 1.10. The third-order valence-electron chi connectivity index (χ3n) is 2.44. The minimum absolute atomic E-state index is 0.558. The molecule has 0 unspecified atom stereocenters. The minimum Gasteiger partial charge on any atom is -0.376 e. The van der Waals surface area contributed by atoms with Crippen LogP contribution in [0.25, 0.3) is 0 Å². The molecule has 0 aromatic rings. The summed E-state index contributed by atoms with van der Waals surface area (Å²) in [6, 6.07) is 0. The van der Waals surface area contributed by atoms with E-state index in [2.05, 4.69) is 12.2 Å². The second-order valence-corrected chi connectivity index (χ2v) is 3.48. The van der Waals surface area contributed by atoms with Gasteiger partial charge in [-0.3, -0.25) is 5.32 Å². The maximum Gasteiger partial charge on any atom is 0.116 e. The first-order chi connectivity index (χ1) is 4.66. The molecule has 0 spiro atoms. The molecule has 2 nitrogen and oxygen atoms in total. The van der Waals surface area contributed by atoms with Gasteiger partial charge >= 0.3 is 0 Å². The molecule has 2 N–H and O–H groups in total. The minimum atomic E-state index is -0.558. The molecule has 0 heterocycles. The van der Waals surface area contributed by atoms with Crippen LogP contribution in [0.5, 0.6) is 0 Å². The zero-order valence-electron chi connectivity index (χ0n) is 6.85. The van der Waals surface area contributed by atoms with Gasteiger partial charge in [0.05, 0.1) is 0 Å². The molecule has 1 aliphatic carbocycles. The van der Waals surface area contributed by atoms with Crippen molar-refractivity contribution in [1.82, 2.24) is 5.32 Å². The highest BCUT2D eigenvalue weighted by Gasteiger charge is 2.30. The highest BCUT2D eigenvalue weighted by molar-refractivity contribution is 4.81. The molecule has 60 valence electrons. The molecule has 0 aromatic heterocycles. The van der Waals surface area contributed by atoms with E-state index < -0.39 is 5.72 Å². The lowest BCUT2D eigenvalue weighted by Crippen LogP contribution is -2.46. The number of hydrogen-bond donors (Lipinski definition) is 2. The molecule has 0 radical (unpaired) electrons. The van der Waals surface area contributed by atoms with Crippen molar-refractivity contribution < 1.29 is 5.11 Å². The second kappa shape index (κ2) is 2.89. The van der Waals surface area contributed by atoms with Crippen LogP contribution < -0.4 is 5.32 Å². The van der Waals surface area contributed by atoms with Gasteiger partial charge in [0.1, 0.15) is 5.72 Å². The molecule has 1 aliphatic rings. The highest BCUT2D eigenvalue weighted by atomic mass is 16.3. The second-order valence-electron chi connectivity index (χ2n) is 3.48. The lowest BCUT2D eigenvalue weighted by Gasteiger charge is -2.35. The summed E-state index contributed by atoms with van der Waals surface area (Å²) in [6.45, 7) is 2.20. The summed E-state index contributed by atoms with van der Waals surface area (Å²) < 4.78 is 0. The first kappa shape index (κ1) is 8.02. The van der Waals surface area contributed by atoms with E-state index >= 15 is 0 Å². The Morgan fingerprint density at radius 1 is 1.60 bits per heavy atom. The Balaban J connectivity index is 2.45. The molecular weight excluding hydrogens is 126 g/mol. The zero-order valence-corrected chi connectivity index (χ0v) is 6.85. The Hall–Kier alpha value is -0.0800. The lowest BCUT2D eigenvalue weighted by molar-refractivity contribution is -0.0365. The third kappa shape index (κ3) is 1.70. The van der Waals surface area contributed by atoms with Crippen molar-refractivity contribution in [2.24, 2.45) is 5.92 Å². The Morgan fingerprint density at radius 3 is 2.70 bits per heavy atom. The van der Waals surface area contributed by atoms with E-state index in [9.17, 15) is 5.11 Å². The van der Waals surface area contributed by atoms with Crippen LogP contribution in [0.3, 0.4) is 0 Å². The van der Waals surface area contributed by atoms with Gasteiger partial charge < -0.3 is 5.11 Å². The van der Waals surface area contributed by atoms with Crippen molar-refractivity contribution >= 4 is 0 Å². The predicted molar refractivity (Wildman–Crippen MR) is 41.6 cm³/mol. The third-order valence-corrected chi connectivity index (χ3v) is 2.44. The van der Waals surface area contributed by atoms with Crippen LogP contribution in [0.15, 0.2) is 0 Å². The average Bonchev–Trinajstić information content (AvgIpc) is 1.88. The number of rotatable bonds is 1. The van der Waals surface area contributed by atoms with E-state index in [0.29, 0.717) is 5.92 Å². The van der Waals surface area contributed by atoms with E-state index in [1.807, 2.05) is 7.05 Å². The Bertz CT molecular complexity index is 116. The first-order valence-corrected chi connectivity index (χ1v) is 4.07. The summed E-state index contributed by atoms with van der Waals surface area (Å²) in [5, 5.41) is 12.7. The molecule has 2 heteroatoms. The van der Waals surface area contributed by atoms with E-state index in [4.69, 9.17) is 0 Å². The van der Waals surface area contributed by atoms with Crippen molar-refractivity contribution in [2.75, 3.05) is 7.05 Å². The fraction of sp³-hybridized carbons (Fsp3) is 1.00. The lowest BCUT2D eigenvalue weighted by atomic mass is 9.84. The summed E-state index contributed by atoms with van der Waals surface area (Å²) in [6.07, 6.45) is 4.24. The zero-order chi connectivity index (χ0) is 7.61. The molecule has 0 aliphatic heterocycles. The van der Waals surface area contributed by atoms with Crippen molar-refractivity contribution in [2.45, 2.75) is 38.3 Å². The van der Waals surface area contributed by atoms with Gasteiger partial charge in [0.25, 0.3) is 0 Å². The smallest absolute Gasteiger partial charge is 0.116 e. The topological polar surface area (TPSA) is 32.3 Å². The largest absolute Gasteiger partial charge is 0.376 e. The average molecular weight is 143 g/mol. The van der Waals surface area contributed by atoms with Crippen LogP contribution in [0.2, 0.25) is 0 Å². The molecule has 1 saturated carbocycles. The monoisotopic (exact) mass is 143 g/mol. The van der Waals surface area contributed by atoms with Crippen LogP contribution in [-0.2, 0) is 0 Å². The highest BCUT2D eigenvalue weighted by Crippen LogP contribution is 2.29. The van der Waals surface area contributed by atoms with Gasteiger partial charge in [-0.2, -0.15) is 0 Å². The Morgan fingerprint density at radius 2 is 2.30 bits per heavy atom. The van der Waals surface area contributed by atoms with E-state index in [1.165, 1.54) is 6.42 Å². The maximum absolute atomic E-state index is 9.74. The summed E-state index contributed by atoms with van der Waals surface area (Å²) in [4.78, 5) is 0. The van der Waals surface area contributed by atoms with Gasteiger partial charge in [-0.25, -0.2) is 0 Å². The molecule has 1 fully saturated rings. The van der Waals surface area contributed by atoms with Gasteiger partial charge in [-0.15, -0.1) is 0 Å². The quantitative estimate of drug-likeness (QED) is 0.539. The van der Waals surface area contributed by atoms with Crippen molar-refractivity contribution in [3.05, 3.63) is 0 Å². The first-order valence-electron chi connectivity index (χ1n) is 4.07. The van der Waals surface area contributed by atoms with Gasteiger partial charge in [0, 0.05) is 0 Å². The van der Waals surface area contributed by atoms with Crippen LogP contribution in [-0.4, -0.2) is 17.9 Å². The fourth-order valence-corrected chi connectivity index (χ4v) is 1.75. The Kier molecular flexibility index (Phi) is 2.32. The SMILES string of the molecule is CN[C@]1(O)CCC[C@@H](C)C1. The number of nitrogens with one attached hydrogen (secondary N) is 1. The molecule has 10 heavy (non-hydrogen) atoms. The van der Waals surface area contributed by atoms with Crippen LogP contribution in [0.1, 0.15) is 32.6 Å². The summed E-state index contributed by atoms with van der Waals surface area (Å²) in [5.41, 5.74) is -0.558. The molecular formula is C8H17NO. The van der Waals surface area contributed by atoms with E-state index in [0.717, 1.165) is 19.3 Å². The summed E-state index contributed by atoms with van der Waals surface area (Å²) >= 11 is 0. The summed E-state index contributed by atoms with van der Waals surface area (Å²) in [7, 11) is 1.83. The standard InChI is InChI=1S/C8H17NO/c1-7-4-3-5-8(10,6-7)9-2/h7,9-10H,3-6H2,1-2H3/t7-,8+/m1/s1. The van der Waals surface area contributed by atoms with Gasteiger partial charge in [0.2, 0.25) is 0 Å².